The number of pyridine rings is 1. The molecule has 0 aliphatic heterocycles. The lowest BCUT2D eigenvalue weighted by molar-refractivity contribution is -0.385. The molecule has 1 N–H and O–H groups in total. The Hall–Kier alpha value is -2.90. The fourth-order valence-electron chi connectivity index (χ4n) is 1.84. The summed E-state index contributed by atoms with van der Waals surface area (Å²) in [6, 6.07) is 6.55. The summed E-state index contributed by atoms with van der Waals surface area (Å²) in [7, 11) is 0. The van der Waals surface area contributed by atoms with Crippen molar-refractivity contribution >= 4 is 23.6 Å². The maximum atomic E-state index is 10.5. The number of anilines is 2. The van der Waals surface area contributed by atoms with Gasteiger partial charge in [0.05, 0.1) is 11.1 Å². The van der Waals surface area contributed by atoms with Crippen LogP contribution in [0.4, 0.5) is 17.4 Å². The van der Waals surface area contributed by atoms with E-state index in [0.717, 1.165) is 19.0 Å². The van der Waals surface area contributed by atoms with Gasteiger partial charge in [-0.15, -0.1) is 0 Å². The minimum absolute atomic E-state index is 0.0653. The molecule has 0 spiro atoms. The first-order valence-electron chi connectivity index (χ1n) is 6.88. The molecule has 0 saturated carbocycles. The number of furan rings is 1. The second kappa shape index (κ2) is 7.21. The monoisotopic (exact) mass is 303 g/mol. The molecule has 2 rings (SSSR count). The summed E-state index contributed by atoms with van der Waals surface area (Å²) >= 11 is 0. The molecule has 2 aromatic heterocycles. The lowest BCUT2D eigenvalue weighted by Gasteiger charge is -2.16. The highest BCUT2D eigenvalue weighted by Crippen LogP contribution is 2.17. The summed E-state index contributed by atoms with van der Waals surface area (Å²) < 4.78 is 5.64. The van der Waals surface area contributed by atoms with Gasteiger partial charge in [-0.25, -0.2) is 4.98 Å². The Morgan fingerprint density at radius 3 is 2.73 bits per heavy atom. The third kappa shape index (κ3) is 3.81. The SMILES string of the molecule is CCN(CC)c1ccc(/C=N/Nc2ccc([N+](=O)[O-])cn2)o1. The number of nitro groups is 1. The van der Waals surface area contributed by atoms with E-state index in [1.807, 2.05) is 12.1 Å². The van der Waals surface area contributed by atoms with Crippen LogP contribution in [-0.4, -0.2) is 29.2 Å². The maximum Gasteiger partial charge on any atom is 0.287 e. The van der Waals surface area contributed by atoms with Crippen molar-refractivity contribution in [2.75, 3.05) is 23.4 Å². The van der Waals surface area contributed by atoms with E-state index in [0.29, 0.717) is 11.6 Å². The summed E-state index contributed by atoms with van der Waals surface area (Å²) in [6.45, 7) is 5.85. The molecule has 0 bridgehead atoms. The van der Waals surface area contributed by atoms with E-state index in [1.54, 1.807) is 0 Å². The zero-order valence-electron chi connectivity index (χ0n) is 12.4. The first kappa shape index (κ1) is 15.5. The summed E-state index contributed by atoms with van der Waals surface area (Å²) in [4.78, 5) is 16.0. The van der Waals surface area contributed by atoms with Crippen LogP contribution in [0.1, 0.15) is 19.6 Å². The van der Waals surface area contributed by atoms with Crippen LogP contribution in [0.2, 0.25) is 0 Å². The van der Waals surface area contributed by atoms with Crippen molar-refractivity contribution in [1.29, 1.82) is 0 Å². The average molecular weight is 303 g/mol. The Morgan fingerprint density at radius 2 is 2.14 bits per heavy atom. The Bertz CT molecular complexity index is 647. The van der Waals surface area contributed by atoms with Crippen LogP contribution >= 0.6 is 0 Å². The van der Waals surface area contributed by atoms with E-state index in [9.17, 15) is 10.1 Å². The summed E-state index contributed by atoms with van der Waals surface area (Å²) in [5.41, 5.74) is 2.62. The van der Waals surface area contributed by atoms with E-state index in [2.05, 4.69) is 34.3 Å². The minimum Gasteiger partial charge on any atom is -0.440 e. The highest BCUT2D eigenvalue weighted by Gasteiger charge is 2.06. The van der Waals surface area contributed by atoms with E-state index >= 15 is 0 Å². The van der Waals surface area contributed by atoms with Gasteiger partial charge in [0.1, 0.15) is 17.8 Å². The van der Waals surface area contributed by atoms with Crippen LogP contribution in [0.3, 0.4) is 0 Å². The van der Waals surface area contributed by atoms with Crippen molar-refractivity contribution in [3.63, 3.8) is 0 Å². The quantitative estimate of drug-likeness (QED) is 0.480. The fourth-order valence-corrected chi connectivity index (χ4v) is 1.84. The molecule has 0 atom stereocenters. The van der Waals surface area contributed by atoms with Crippen molar-refractivity contribution in [2.45, 2.75) is 13.8 Å². The highest BCUT2D eigenvalue weighted by molar-refractivity contribution is 5.77. The molecule has 0 aliphatic carbocycles. The molecule has 22 heavy (non-hydrogen) atoms. The van der Waals surface area contributed by atoms with Crippen LogP contribution in [0.25, 0.3) is 0 Å². The fraction of sp³-hybridized carbons (Fsp3) is 0.286. The van der Waals surface area contributed by atoms with Crippen LogP contribution in [-0.2, 0) is 0 Å². The summed E-state index contributed by atoms with van der Waals surface area (Å²) in [5.74, 6) is 1.81. The van der Waals surface area contributed by atoms with Gasteiger partial charge in [0.2, 0.25) is 0 Å². The lowest BCUT2D eigenvalue weighted by atomic mass is 10.4. The van der Waals surface area contributed by atoms with Gasteiger partial charge in [0.15, 0.2) is 5.88 Å². The maximum absolute atomic E-state index is 10.5. The van der Waals surface area contributed by atoms with Crippen molar-refractivity contribution in [2.24, 2.45) is 5.10 Å². The van der Waals surface area contributed by atoms with Crippen LogP contribution in [0.15, 0.2) is 40.0 Å². The molecule has 0 radical (unpaired) electrons. The largest absolute Gasteiger partial charge is 0.440 e. The van der Waals surface area contributed by atoms with E-state index in [4.69, 9.17) is 4.42 Å². The molecule has 116 valence electrons. The molecule has 2 aromatic rings. The number of aromatic nitrogens is 1. The van der Waals surface area contributed by atoms with Gasteiger partial charge in [-0.05, 0) is 26.0 Å². The molecule has 8 nitrogen and oxygen atoms in total. The van der Waals surface area contributed by atoms with Crippen molar-refractivity contribution < 1.29 is 9.34 Å². The Kier molecular flexibility index (Phi) is 5.07. The molecule has 0 saturated heterocycles. The van der Waals surface area contributed by atoms with E-state index in [1.165, 1.54) is 24.5 Å². The van der Waals surface area contributed by atoms with Crippen LogP contribution in [0, 0.1) is 10.1 Å². The molecular weight excluding hydrogens is 286 g/mol. The molecule has 0 fully saturated rings. The number of nitrogens with zero attached hydrogens (tertiary/aromatic N) is 4. The predicted molar refractivity (Wildman–Crippen MR) is 84.4 cm³/mol. The Balaban J connectivity index is 1.96. The van der Waals surface area contributed by atoms with Gasteiger partial charge in [-0.3, -0.25) is 15.5 Å². The lowest BCUT2D eigenvalue weighted by Crippen LogP contribution is -2.20. The second-order valence-corrected chi connectivity index (χ2v) is 4.38. The summed E-state index contributed by atoms with van der Waals surface area (Å²) in [5, 5.41) is 14.5. The van der Waals surface area contributed by atoms with E-state index in [-0.39, 0.29) is 5.69 Å². The predicted octanol–water partition coefficient (Wildman–Crippen LogP) is 2.88. The number of nitrogens with one attached hydrogen (secondary N) is 1. The molecule has 0 unspecified atom stereocenters. The van der Waals surface area contributed by atoms with E-state index < -0.39 is 4.92 Å². The average Bonchev–Trinajstić information content (AvgIpc) is 2.98. The molecular formula is C14H17N5O3. The molecule has 0 aromatic carbocycles. The van der Waals surface area contributed by atoms with Gasteiger partial charge in [0.25, 0.3) is 5.69 Å². The van der Waals surface area contributed by atoms with Crippen LogP contribution in [0.5, 0.6) is 0 Å². The standard InChI is InChI=1S/C14H17N5O3/c1-3-18(4-2)14-8-6-12(22-14)10-16-17-13-7-5-11(9-15-13)19(20)21/h5-10H,3-4H2,1-2H3,(H,15,17)/b16-10+. The zero-order valence-corrected chi connectivity index (χ0v) is 12.4. The topological polar surface area (TPSA) is 96.8 Å². The number of hydrogen-bond acceptors (Lipinski definition) is 7. The number of rotatable bonds is 7. The third-order valence-corrected chi connectivity index (χ3v) is 3.02. The molecule has 8 heteroatoms. The second-order valence-electron chi connectivity index (χ2n) is 4.38. The number of hydrazone groups is 1. The van der Waals surface area contributed by atoms with Crippen molar-refractivity contribution in [3.8, 4) is 0 Å². The molecule has 0 aliphatic rings. The van der Waals surface area contributed by atoms with Crippen molar-refractivity contribution in [3.05, 3.63) is 46.3 Å². The minimum atomic E-state index is -0.502. The Morgan fingerprint density at radius 1 is 1.36 bits per heavy atom. The van der Waals surface area contributed by atoms with Gasteiger partial charge in [-0.1, -0.05) is 0 Å². The first-order valence-corrected chi connectivity index (χ1v) is 6.88. The Labute approximate surface area is 127 Å². The van der Waals surface area contributed by atoms with Gasteiger partial charge < -0.3 is 9.32 Å². The smallest absolute Gasteiger partial charge is 0.287 e. The third-order valence-electron chi connectivity index (χ3n) is 3.02. The molecule has 0 amide bonds. The van der Waals surface area contributed by atoms with Crippen molar-refractivity contribution in [1.82, 2.24) is 4.98 Å². The zero-order chi connectivity index (χ0) is 15.9. The summed E-state index contributed by atoms with van der Waals surface area (Å²) in [6.07, 6.45) is 2.69. The van der Waals surface area contributed by atoms with Gasteiger partial charge in [-0.2, -0.15) is 5.10 Å². The molecule has 2 heterocycles. The first-order chi connectivity index (χ1) is 10.6. The van der Waals surface area contributed by atoms with Crippen LogP contribution < -0.4 is 10.3 Å². The number of hydrogen-bond donors (Lipinski definition) is 1. The normalized spacial score (nSPS) is 10.8. The van der Waals surface area contributed by atoms with Gasteiger partial charge >= 0.3 is 0 Å². The highest BCUT2D eigenvalue weighted by atomic mass is 16.6. The van der Waals surface area contributed by atoms with Gasteiger partial charge in [0, 0.05) is 25.2 Å².